The first kappa shape index (κ1) is 17.5. The maximum absolute atomic E-state index is 12.8. The van der Waals surface area contributed by atoms with Gasteiger partial charge < -0.3 is 20.3 Å². The average molecular weight is 356 g/mol. The third kappa shape index (κ3) is 2.91. The SMILES string of the molecule is CC(C)[C@H](N)C(=O)N1[C@@H]2CC[C@@H]1CC(O)(Cn1ccc3ncccc31)C2. The average Bonchev–Trinajstić information content (AvgIpc) is 3.13. The van der Waals surface area contributed by atoms with Crippen LogP contribution in [0.2, 0.25) is 0 Å². The molecule has 3 N–H and O–H groups in total. The summed E-state index contributed by atoms with van der Waals surface area (Å²) in [6, 6.07) is 5.66. The number of nitrogens with zero attached hydrogens (tertiary/aromatic N) is 3. The molecule has 2 aromatic heterocycles. The number of carbonyl (C=O) groups excluding carboxylic acids is 1. The highest BCUT2D eigenvalue weighted by atomic mass is 16.3. The molecule has 2 saturated heterocycles. The van der Waals surface area contributed by atoms with Crippen LogP contribution in [0, 0.1) is 5.92 Å². The zero-order valence-corrected chi connectivity index (χ0v) is 15.5. The van der Waals surface area contributed by atoms with Crippen molar-refractivity contribution in [3.8, 4) is 0 Å². The van der Waals surface area contributed by atoms with Crippen LogP contribution in [0.15, 0.2) is 30.6 Å². The third-order valence-corrected chi connectivity index (χ3v) is 6.11. The van der Waals surface area contributed by atoms with Crippen LogP contribution in [0.4, 0.5) is 0 Å². The highest BCUT2D eigenvalue weighted by Gasteiger charge is 2.50. The molecule has 3 atom stereocenters. The van der Waals surface area contributed by atoms with Crippen LogP contribution in [0.5, 0.6) is 0 Å². The van der Waals surface area contributed by atoms with E-state index in [-0.39, 0.29) is 23.9 Å². The first-order valence-electron chi connectivity index (χ1n) is 9.58. The summed E-state index contributed by atoms with van der Waals surface area (Å²) in [4.78, 5) is 19.2. The molecule has 4 heterocycles. The summed E-state index contributed by atoms with van der Waals surface area (Å²) in [5.74, 6) is 0.173. The molecule has 26 heavy (non-hydrogen) atoms. The van der Waals surface area contributed by atoms with E-state index in [0.29, 0.717) is 19.4 Å². The topological polar surface area (TPSA) is 84.4 Å². The highest BCUT2D eigenvalue weighted by molar-refractivity contribution is 5.83. The molecular formula is C20H28N4O2. The third-order valence-electron chi connectivity index (χ3n) is 6.11. The number of fused-ring (bicyclic) bond motifs is 3. The Labute approximate surface area is 154 Å². The van der Waals surface area contributed by atoms with Gasteiger partial charge in [0.05, 0.1) is 29.2 Å². The molecule has 0 aromatic carbocycles. The highest BCUT2D eigenvalue weighted by Crippen LogP contribution is 2.42. The predicted molar refractivity (Wildman–Crippen MR) is 100 cm³/mol. The van der Waals surface area contributed by atoms with E-state index in [9.17, 15) is 9.90 Å². The van der Waals surface area contributed by atoms with Crippen molar-refractivity contribution in [1.82, 2.24) is 14.5 Å². The van der Waals surface area contributed by atoms with Crippen molar-refractivity contribution in [3.63, 3.8) is 0 Å². The lowest BCUT2D eigenvalue weighted by Crippen LogP contribution is -2.58. The van der Waals surface area contributed by atoms with E-state index in [1.165, 1.54) is 0 Å². The molecule has 0 spiro atoms. The van der Waals surface area contributed by atoms with Gasteiger partial charge in [0.1, 0.15) is 0 Å². The zero-order chi connectivity index (χ0) is 18.5. The predicted octanol–water partition coefficient (Wildman–Crippen LogP) is 1.90. The molecule has 0 aliphatic carbocycles. The zero-order valence-electron chi connectivity index (χ0n) is 15.5. The molecule has 6 heteroatoms. The fourth-order valence-electron chi connectivity index (χ4n) is 4.74. The Balaban J connectivity index is 1.53. The normalized spacial score (nSPS) is 29.5. The smallest absolute Gasteiger partial charge is 0.240 e. The van der Waals surface area contributed by atoms with Crippen molar-refractivity contribution in [2.75, 3.05) is 0 Å². The first-order valence-corrected chi connectivity index (χ1v) is 9.58. The maximum Gasteiger partial charge on any atom is 0.240 e. The maximum atomic E-state index is 12.8. The number of carbonyl (C=O) groups is 1. The monoisotopic (exact) mass is 356 g/mol. The lowest BCUT2D eigenvalue weighted by Gasteiger charge is -2.45. The van der Waals surface area contributed by atoms with Gasteiger partial charge in [0.2, 0.25) is 5.91 Å². The van der Waals surface area contributed by atoms with Crippen molar-refractivity contribution in [3.05, 3.63) is 30.6 Å². The van der Waals surface area contributed by atoms with Gasteiger partial charge in [-0.25, -0.2) is 0 Å². The quantitative estimate of drug-likeness (QED) is 0.876. The minimum Gasteiger partial charge on any atom is -0.388 e. The van der Waals surface area contributed by atoms with Crippen LogP contribution in [0.25, 0.3) is 11.0 Å². The van der Waals surface area contributed by atoms with E-state index in [4.69, 9.17) is 5.73 Å². The van der Waals surface area contributed by atoms with E-state index >= 15 is 0 Å². The molecule has 0 unspecified atom stereocenters. The summed E-state index contributed by atoms with van der Waals surface area (Å²) in [5, 5.41) is 11.3. The molecular weight excluding hydrogens is 328 g/mol. The second-order valence-corrected chi connectivity index (χ2v) is 8.38. The van der Waals surface area contributed by atoms with Gasteiger partial charge >= 0.3 is 0 Å². The Hall–Kier alpha value is -1.92. The molecule has 6 nitrogen and oxygen atoms in total. The standard InChI is InChI=1S/C20H28N4O2/c1-13(2)18(21)19(25)24-14-5-6-15(24)11-20(26,10-14)12-23-9-7-16-17(23)4-3-8-22-16/h3-4,7-9,13-15,18,26H,5-6,10-12,21H2,1-2H3/t14-,15-,18+/m1/s1. The van der Waals surface area contributed by atoms with Gasteiger partial charge in [-0.2, -0.15) is 0 Å². The Morgan fingerprint density at radius 1 is 1.35 bits per heavy atom. The molecule has 2 fully saturated rings. The molecule has 1 amide bonds. The van der Waals surface area contributed by atoms with Crippen LogP contribution in [-0.2, 0) is 11.3 Å². The van der Waals surface area contributed by atoms with E-state index in [2.05, 4.69) is 9.55 Å². The number of nitrogens with two attached hydrogens (primary N) is 1. The second-order valence-electron chi connectivity index (χ2n) is 8.38. The van der Waals surface area contributed by atoms with Crippen LogP contribution >= 0.6 is 0 Å². The van der Waals surface area contributed by atoms with Gasteiger partial charge in [0, 0.05) is 24.5 Å². The first-order chi connectivity index (χ1) is 12.4. The second kappa shape index (κ2) is 6.35. The van der Waals surface area contributed by atoms with Crippen molar-refractivity contribution in [2.45, 2.75) is 69.8 Å². The van der Waals surface area contributed by atoms with Gasteiger partial charge in [-0.1, -0.05) is 13.8 Å². The number of amides is 1. The van der Waals surface area contributed by atoms with Crippen molar-refractivity contribution >= 4 is 16.9 Å². The number of aliphatic hydroxyl groups is 1. The molecule has 0 radical (unpaired) electrons. The molecule has 140 valence electrons. The summed E-state index contributed by atoms with van der Waals surface area (Å²) < 4.78 is 2.08. The fourth-order valence-corrected chi connectivity index (χ4v) is 4.74. The lowest BCUT2D eigenvalue weighted by atomic mass is 9.85. The van der Waals surface area contributed by atoms with E-state index in [1.807, 2.05) is 43.1 Å². The Morgan fingerprint density at radius 3 is 2.69 bits per heavy atom. The molecule has 2 aliphatic heterocycles. The molecule has 0 saturated carbocycles. The molecule has 4 rings (SSSR count). The summed E-state index contributed by atoms with van der Waals surface area (Å²) in [7, 11) is 0. The van der Waals surface area contributed by atoms with Gasteiger partial charge in [-0.3, -0.25) is 9.78 Å². The Morgan fingerprint density at radius 2 is 2.04 bits per heavy atom. The largest absolute Gasteiger partial charge is 0.388 e. The summed E-state index contributed by atoms with van der Waals surface area (Å²) in [6.45, 7) is 4.50. The minimum absolute atomic E-state index is 0.0464. The van der Waals surface area contributed by atoms with E-state index in [1.54, 1.807) is 6.20 Å². The van der Waals surface area contributed by atoms with Crippen LogP contribution in [-0.4, -0.2) is 49.2 Å². The van der Waals surface area contributed by atoms with Gasteiger partial charge in [-0.05, 0) is 49.8 Å². The van der Waals surface area contributed by atoms with Crippen molar-refractivity contribution in [2.24, 2.45) is 11.7 Å². The molecule has 2 aromatic rings. The van der Waals surface area contributed by atoms with Crippen molar-refractivity contribution < 1.29 is 9.90 Å². The fraction of sp³-hybridized carbons (Fsp3) is 0.600. The minimum atomic E-state index is -0.799. The van der Waals surface area contributed by atoms with Crippen molar-refractivity contribution in [1.29, 1.82) is 0 Å². The molecule has 2 aliphatic rings. The Bertz CT molecular complexity index is 801. The summed E-state index contributed by atoms with van der Waals surface area (Å²) in [6.07, 6.45) is 6.91. The van der Waals surface area contributed by atoms with Crippen LogP contribution in [0.1, 0.15) is 39.5 Å². The Kier molecular flexibility index (Phi) is 4.28. The number of hydrogen-bond acceptors (Lipinski definition) is 4. The van der Waals surface area contributed by atoms with Gasteiger partial charge in [0.15, 0.2) is 0 Å². The van der Waals surface area contributed by atoms with E-state index < -0.39 is 11.6 Å². The van der Waals surface area contributed by atoms with Crippen LogP contribution < -0.4 is 5.73 Å². The molecule has 2 bridgehead atoms. The summed E-state index contributed by atoms with van der Waals surface area (Å²) >= 11 is 0. The number of hydrogen-bond donors (Lipinski definition) is 2. The van der Waals surface area contributed by atoms with Gasteiger partial charge in [0.25, 0.3) is 0 Å². The summed E-state index contributed by atoms with van der Waals surface area (Å²) in [5.41, 5.74) is 7.29. The van der Waals surface area contributed by atoms with Gasteiger partial charge in [-0.15, -0.1) is 0 Å². The van der Waals surface area contributed by atoms with Crippen LogP contribution in [0.3, 0.4) is 0 Å². The van der Waals surface area contributed by atoms with E-state index in [0.717, 1.165) is 23.9 Å². The number of pyridine rings is 1. The lowest BCUT2D eigenvalue weighted by molar-refractivity contribution is -0.144. The number of piperidine rings is 1. The number of aromatic nitrogens is 2. The number of rotatable bonds is 4.